The average molecular weight is 269 g/mol. The number of para-hydroxylation sites is 1. The van der Waals surface area contributed by atoms with E-state index >= 15 is 0 Å². The molecule has 4 rings (SSSR count). The number of benzene rings is 1. The summed E-state index contributed by atoms with van der Waals surface area (Å²) in [7, 11) is 0. The van der Waals surface area contributed by atoms with E-state index in [0.717, 1.165) is 22.5 Å². The number of nitrogens with zero attached hydrogens (tertiary/aromatic N) is 1. The first kappa shape index (κ1) is 11.1. The van der Waals surface area contributed by atoms with Crippen LogP contribution in [0.1, 0.15) is 23.8 Å². The zero-order chi connectivity index (χ0) is 12.7. The Morgan fingerprint density at radius 1 is 1.26 bits per heavy atom. The van der Waals surface area contributed by atoms with Crippen LogP contribution in [-0.2, 0) is 0 Å². The summed E-state index contributed by atoms with van der Waals surface area (Å²) in [4.78, 5) is 1.43. The zero-order valence-corrected chi connectivity index (χ0v) is 11.3. The first-order valence-electron chi connectivity index (χ1n) is 6.64. The van der Waals surface area contributed by atoms with E-state index in [1.807, 2.05) is 17.5 Å². The third kappa shape index (κ3) is 2.02. The zero-order valence-electron chi connectivity index (χ0n) is 10.5. The number of aromatic nitrogens is 2. The number of H-pyrrole nitrogens is 1. The van der Waals surface area contributed by atoms with Crippen molar-refractivity contribution in [1.29, 1.82) is 0 Å². The maximum Gasteiger partial charge on any atom is 0.0881 e. The second kappa shape index (κ2) is 4.38. The number of hydrogen-bond acceptors (Lipinski definition) is 3. The summed E-state index contributed by atoms with van der Waals surface area (Å²) in [6.45, 7) is 0. The number of fused-ring (bicyclic) bond motifs is 1. The second-order valence-electron chi connectivity index (χ2n) is 5.11. The lowest BCUT2D eigenvalue weighted by atomic mass is 10.1. The predicted octanol–water partition coefficient (Wildman–Crippen LogP) is 4.19. The van der Waals surface area contributed by atoms with Gasteiger partial charge in [0, 0.05) is 10.3 Å². The van der Waals surface area contributed by atoms with Crippen LogP contribution in [0.2, 0.25) is 0 Å². The van der Waals surface area contributed by atoms with Crippen LogP contribution < -0.4 is 5.32 Å². The van der Waals surface area contributed by atoms with Gasteiger partial charge in [-0.3, -0.25) is 5.10 Å². The highest BCUT2D eigenvalue weighted by molar-refractivity contribution is 7.10. The summed E-state index contributed by atoms with van der Waals surface area (Å²) in [5.74, 6) is 0.775. The highest BCUT2D eigenvalue weighted by Gasteiger charge is 2.33. The Hall–Kier alpha value is -1.81. The average Bonchev–Trinajstić information content (AvgIpc) is 2.94. The van der Waals surface area contributed by atoms with Gasteiger partial charge in [-0.05, 0) is 36.3 Å². The van der Waals surface area contributed by atoms with Gasteiger partial charge in [0.25, 0.3) is 0 Å². The van der Waals surface area contributed by atoms with Gasteiger partial charge in [-0.15, -0.1) is 11.3 Å². The van der Waals surface area contributed by atoms with E-state index in [4.69, 9.17) is 0 Å². The minimum Gasteiger partial charge on any atom is -0.375 e. The number of thiophene rings is 1. The fourth-order valence-electron chi connectivity index (χ4n) is 2.58. The lowest BCUT2D eigenvalue weighted by Gasteiger charge is -2.18. The highest BCUT2D eigenvalue weighted by atomic mass is 32.1. The Morgan fingerprint density at radius 2 is 2.21 bits per heavy atom. The van der Waals surface area contributed by atoms with E-state index < -0.39 is 0 Å². The fraction of sp³-hybridized carbons (Fsp3) is 0.267. The van der Waals surface area contributed by atoms with Crippen LogP contribution in [0, 0.1) is 5.92 Å². The van der Waals surface area contributed by atoms with E-state index in [2.05, 4.69) is 51.2 Å². The van der Waals surface area contributed by atoms with Crippen molar-refractivity contribution in [3.63, 3.8) is 0 Å². The minimum absolute atomic E-state index is 0.439. The molecule has 0 amide bonds. The van der Waals surface area contributed by atoms with Crippen LogP contribution in [0.3, 0.4) is 0 Å². The Balaban J connectivity index is 1.70. The molecular weight excluding hydrogens is 254 g/mol. The van der Waals surface area contributed by atoms with E-state index in [9.17, 15) is 0 Å². The van der Waals surface area contributed by atoms with Crippen molar-refractivity contribution in [3.05, 3.63) is 46.8 Å². The molecule has 96 valence electrons. The van der Waals surface area contributed by atoms with Gasteiger partial charge in [0.05, 0.1) is 23.4 Å². The van der Waals surface area contributed by atoms with E-state index in [1.54, 1.807) is 0 Å². The van der Waals surface area contributed by atoms with E-state index in [0.29, 0.717) is 6.04 Å². The molecule has 2 N–H and O–H groups in total. The predicted molar refractivity (Wildman–Crippen MR) is 79.5 cm³/mol. The number of aromatic amines is 1. The van der Waals surface area contributed by atoms with Gasteiger partial charge in [-0.1, -0.05) is 18.2 Å². The molecule has 0 saturated heterocycles. The van der Waals surface area contributed by atoms with Gasteiger partial charge in [-0.2, -0.15) is 5.10 Å². The summed E-state index contributed by atoms with van der Waals surface area (Å²) >= 11 is 1.84. The van der Waals surface area contributed by atoms with Gasteiger partial charge < -0.3 is 5.32 Å². The summed E-state index contributed by atoms with van der Waals surface area (Å²) in [5, 5.41) is 14.2. The molecule has 3 nitrogen and oxygen atoms in total. The number of nitrogens with one attached hydrogen (secondary N) is 2. The summed E-state index contributed by atoms with van der Waals surface area (Å²) in [6.07, 6.45) is 4.53. The number of rotatable bonds is 4. The molecule has 1 fully saturated rings. The number of anilines is 1. The number of hydrogen-bond donors (Lipinski definition) is 2. The van der Waals surface area contributed by atoms with Gasteiger partial charge >= 0.3 is 0 Å². The van der Waals surface area contributed by atoms with Crippen LogP contribution in [0.15, 0.2) is 41.9 Å². The van der Waals surface area contributed by atoms with Crippen LogP contribution in [0.4, 0.5) is 5.69 Å². The maximum absolute atomic E-state index is 4.13. The maximum atomic E-state index is 4.13. The largest absolute Gasteiger partial charge is 0.375 e. The van der Waals surface area contributed by atoms with E-state index in [1.165, 1.54) is 17.7 Å². The van der Waals surface area contributed by atoms with Gasteiger partial charge in [0.2, 0.25) is 0 Å². The van der Waals surface area contributed by atoms with Gasteiger partial charge in [0.15, 0.2) is 0 Å². The molecule has 19 heavy (non-hydrogen) atoms. The van der Waals surface area contributed by atoms with Crippen LogP contribution >= 0.6 is 11.3 Å². The SMILES string of the molecule is c1csc(C(Nc2cccc3cn[nH]c23)C2CC2)c1. The van der Waals surface area contributed by atoms with Crippen molar-refractivity contribution < 1.29 is 0 Å². The first-order chi connectivity index (χ1) is 9.42. The molecule has 4 heteroatoms. The van der Waals surface area contributed by atoms with Crippen molar-refractivity contribution >= 4 is 27.9 Å². The molecule has 2 aromatic heterocycles. The summed E-state index contributed by atoms with van der Waals surface area (Å²) in [5.41, 5.74) is 2.25. The molecule has 0 spiro atoms. The third-order valence-corrected chi connectivity index (χ3v) is 4.69. The molecule has 0 bridgehead atoms. The first-order valence-corrected chi connectivity index (χ1v) is 7.52. The third-order valence-electron chi connectivity index (χ3n) is 3.73. The van der Waals surface area contributed by atoms with Crippen molar-refractivity contribution in [3.8, 4) is 0 Å². The molecule has 2 heterocycles. The molecule has 1 aliphatic carbocycles. The minimum atomic E-state index is 0.439. The molecular formula is C15H15N3S. The van der Waals surface area contributed by atoms with Crippen molar-refractivity contribution in [2.45, 2.75) is 18.9 Å². The molecule has 1 aliphatic rings. The molecule has 0 radical (unpaired) electrons. The lowest BCUT2D eigenvalue weighted by molar-refractivity contribution is 0.692. The van der Waals surface area contributed by atoms with Gasteiger partial charge in [-0.25, -0.2) is 0 Å². The molecule has 0 aliphatic heterocycles. The molecule has 1 atom stereocenters. The lowest BCUT2D eigenvalue weighted by Crippen LogP contribution is -2.11. The van der Waals surface area contributed by atoms with Gasteiger partial charge in [0.1, 0.15) is 0 Å². The molecule has 1 unspecified atom stereocenters. The van der Waals surface area contributed by atoms with Crippen LogP contribution in [0.5, 0.6) is 0 Å². The highest BCUT2D eigenvalue weighted by Crippen LogP contribution is 2.44. The fourth-order valence-corrected chi connectivity index (χ4v) is 3.45. The standard InChI is InChI=1S/C15H15N3S/c1-3-11-9-16-18-14(11)12(4-1)17-15(10-6-7-10)13-5-2-8-19-13/h1-5,8-10,15,17H,6-7H2,(H,16,18). The molecule has 3 aromatic rings. The quantitative estimate of drug-likeness (QED) is 0.745. The summed E-state index contributed by atoms with van der Waals surface area (Å²) in [6, 6.07) is 11.1. The monoisotopic (exact) mass is 269 g/mol. The topological polar surface area (TPSA) is 40.7 Å². The Labute approximate surface area is 115 Å². The van der Waals surface area contributed by atoms with Crippen molar-refractivity contribution in [2.24, 2.45) is 5.92 Å². The Morgan fingerprint density at radius 3 is 3.00 bits per heavy atom. The Kier molecular flexibility index (Phi) is 2.55. The normalized spacial score (nSPS) is 16.6. The summed E-state index contributed by atoms with van der Waals surface area (Å²) < 4.78 is 0. The molecule has 1 saturated carbocycles. The Bertz CT molecular complexity index is 682. The van der Waals surface area contributed by atoms with E-state index in [-0.39, 0.29) is 0 Å². The van der Waals surface area contributed by atoms with Crippen LogP contribution in [-0.4, -0.2) is 10.2 Å². The smallest absolute Gasteiger partial charge is 0.0881 e. The van der Waals surface area contributed by atoms with Crippen LogP contribution in [0.25, 0.3) is 10.9 Å². The van der Waals surface area contributed by atoms with Crippen molar-refractivity contribution in [1.82, 2.24) is 10.2 Å². The van der Waals surface area contributed by atoms with Crippen molar-refractivity contribution in [2.75, 3.05) is 5.32 Å². The molecule has 1 aromatic carbocycles. The second-order valence-corrected chi connectivity index (χ2v) is 6.09.